The van der Waals surface area contributed by atoms with E-state index in [9.17, 15) is 9.18 Å². The standard InChI is InChI=1S/C13H19FN4O/c1-17(2)13(19)12-8-15-3-4-18(12)9-10-5-11(14)7-16-6-10/h5-7,12,15H,3-4,8-9H2,1-2H3. The minimum atomic E-state index is -0.344. The van der Waals surface area contributed by atoms with Crippen molar-refractivity contribution < 1.29 is 9.18 Å². The predicted molar refractivity (Wildman–Crippen MR) is 70.0 cm³/mol. The van der Waals surface area contributed by atoms with E-state index in [1.54, 1.807) is 25.2 Å². The van der Waals surface area contributed by atoms with Gasteiger partial charge >= 0.3 is 0 Å². The van der Waals surface area contributed by atoms with Gasteiger partial charge in [-0.15, -0.1) is 0 Å². The Labute approximate surface area is 112 Å². The summed E-state index contributed by atoms with van der Waals surface area (Å²) in [7, 11) is 3.50. The number of carbonyl (C=O) groups excluding carboxylic acids is 1. The molecule has 0 spiro atoms. The van der Waals surface area contributed by atoms with Gasteiger partial charge in [-0.2, -0.15) is 0 Å². The summed E-state index contributed by atoms with van der Waals surface area (Å²) in [5.74, 6) is -0.278. The molecule has 1 N–H and O–H groups in total. The SMILES string of the molecule is CN(C)C(=O)C1CNCCN1Cc1cncc(F)c1. The maximum atomic E-state index is 13.1. The van der Waals surface area contributed by atoms with E-state index in [-0.39, 0.29) is 17.8 Å². The van der Waals surface area contributed by atoms with E-state index < -0.39 is 0 Å². The van der Waals surface area contributed by atoms with Crippen molar-refractivity contribution in [2.75, 3.05) is 33.7 Å². The molecule has 0 saturated carbocycles. The van der Waals surface area contributed by atoms with E-state index >= 15 is 0 Å². The van der Waals surface area contributed by atoms with Crippen LogP contribution in [0, 0.1) is 5.82 Å². The number of amides is 1. The normalized spacial score (nSPS) is 20.3. The summed E-state index contributed by atoms with van der Waals surface area (Å²) in [4.78, 5) is 19.6. The molecule has 1 saturated heterocycles. The molecular formula is C13H19FN4O. The first-order valence-corrected chi connectivity index (χ1v) is 6.33. The topological polar surface area (TPSA) is 48.5 Å². The number of aromatic nitrogens is 1. The molecule has 1 atom stereocenters. The molecule has 0 bridgehead atoms. The Morgan fingerprint density at radius 2 is 2.37 bits per heavy atom. The molecule has 1 unspecified atom stereocenters. The molecule has 0 aliphatic carbocycles. The van der Waals surface area contributed by atoms with Gasteiger partial charge in [0.1, 0.15) is 11.9 Å². The molecule has 19 heavy (non-hydrogen) atoms. The molecule has 5 nitrogen and oxygen atoms in total. The fourth-order valence-electron chi connectivity index (χ4n) is 2.25. The number of pyridine rings is 1. The Morgan fingerprint density at radius 3 is 3.05 bits per heavy atom. The number of nitrogens with zero attached hydrogens (tertiary/aromatic N) is 3. The van der Waals surface area contributed by atoms with Gasteiger partial charge in [-0.1, -0.05) is 0 Å². The van der Waals surface area contributed by atoms with Crippen molar-refractivity contribution in [3.05, 3.63) is 29.8 Å². The first-order chi connectivity index (χ1) is 9.08. The Balaban J connectivity index is 2.09. The van der Waals surface area contributed by atoms with Crippen molar-refractivity contribution in [2.24, 2.45) is 0 Å². The zero-order chi connectivity index (χ0) is 13.8. The number of piperazine rings is 1. The molecule has 1 aliphatic heterocycles. The molecule has 6 heteroatoms. The molecule has 0 radical (unpaired) electrons. The largest absolute Gasteiger partial charge is 0.347 e. The van der Waals surface area contributed by atoms with Crippen LogP contribution in [-0.4, -0.2) is 60.5 Å². The number of carbonyl (C=O) groups is 1. The molecule has 1 aromatic heterocycles. The molecular weight excluding hydrogens is 247 g/mol. The zero-order valence-corrected chi connectivity index (χ0v) is 11.3. The van der Waals surface area contributed by atoms with Gasteiger partial charge in [-0.3, -0.25) is 14.7 Å². The van der Waals surface area contributed by atoms with Crippen molar-refractivity contribution >= 4 is 5.91 Å². The van der Waals surface area contributed by atoms with Gasteiger partial charge in [0.25, 0.3) is 0 Å². The quantitative estimate of drug-likeness (QED) is 0.842. The van der Waals surface area contributed by atoms with Crippen LogP contribution in [0.15, 0.2) is 18.5 Å². The molecule has 2 heterocycles. The zero-order valence-electron chi connectivity index (χ0n) is 11.3. The van der Waals surface area contributed by atoms with Gasteiger partial charge < -0.3 is 10.2 Å². The van der Waals surface area contributed by atoms with E-state index in [0.29, 0.717) is 13.1 Å². The summed E-state index contributed by atoms with van der Waals surface area (Å²) in [6.07, 6.45) is 2.83. The third kappa shape index (κ3) is 3.48. The first kappa shape index (κ1) is 13.9. The summed E-state index contributed by atoms with van der Waals surface area (Å²) in [5, 5.41) is 3.22. The van der Waals surface area contributed by atoms with Crippen LogP contribution < -0.4 is 5.32 Å². The number of rotatable bonds is 3. The monoisotopic (exact) mass is 266 g/mol. The highest BCUT2D eigenvalue weighted by molar-refractivity contribution is 5.81. The second-order valence-electron chi connectivity index (χ2n) is 4.93. The van der Waals surface area contributed by atoms with Gasteiger partial charge in [0.2, 0.25) is 5.91 Å². The summed E-state index contributed by atoms with van der Waals surface area (Å²) in [5.41, 5.74) is 0.790. The highest BCUT2D eigenvalue weighted by atomic mass is 19.1. The van der Waals surface area contributed by atoms with Crippen molar-refractivity contribution in [3.8, 4) is 0 Å². The average molecular weight is 266 g/mol. The number of hydrogen-bond acceptors (Lipinski definition) is 4. The van der Waals surface area contributed by atoms with Crippen molar-refractivity contribution in [1.82, 2.24) is 20.1 Å². The van der Waals surface area contributed by atoms with Crippen LogP contribution in [0.5, 0.6) is 0 Å². The molecule has 104 valence electrons. The molecule has 0 aromatic carbocycles. The maximum Gasteiger partial charge on any atom is 0.240 e. The van der Waals surface area contributed by atoms with E-state index in [0.717, 1.165) is 18.7 Å². The molecule has 1 aliphatic rings. The second-order valence-corrected chi connectivity index (χ2v) is 4.93. The summed E-state index contributed by atoms with van der Waals surface area (Å²) < 4.78 is 13.1. The molecule has 1 aromatic rings. The Morgan fingerprint density at radius 1 is 1.58 bits per heavy atom. The second kappa shape index (κ2) is 6.08. The van der Waals surface area contributed by atoms with Crippen molar-refractivity contribution in [3.63, 3.8) is 0 Å². The lowest BCUT2D eigenvalue weighted by atomic mass is 10.1. The van der Waals surface area contributed by atoms with Crippen LogP contribution in [0.1, 0.15) is 5.56 Å². The Hall–Kier alpha value is -1.53. The number of halogens is 1. The third-order valence-corrected chi connectivity index (χ3v) is 3.23. The third-order valence-electron chi connectivity index (χ3n) is 3.23. The molecule has 1 fully saturated rings. The molecule has 1 amide bonds. The number of likely N-dealkylation sites (N-methyl/N-ethyl adjacent to an activating group) is 1. The van der Waals surface area contributed by atoms with Crippen LogP contribution in [-0.2, 0) is 11.3 Å². The first-order valence-electron chi connectivity index (χ1n) is 6.33. The summed E-state index contributed by atoms with van der Waals surface area (Å²) in [6, 6.07) is 1.26. The fraction of sp³-hybridized carbons (Fsp3) is 0.538. The average Bonchev–Trinajstić information content (AvgIpc) is 2.38. The lowest BCUT2D eigenvalue weighted by molar-refractivity contribution is -0.135. The van der Waals surface area contributed by atoms with Crippen molar-refractivity contribution in [2.45, 2.75) is 12.6 Å². The van der Waals surface area contributed by atoms with E-state index in [1.807, 2.05) is 0 Å². The Kier molecular flexibility index (Phi) is 4.44. The van der Waals surface area contributed by atoms with Crippen LogP contribution in [0.2, 0.25) is 0 Å². The van der Waals surface area contributed by atoms with E-state index in [2.05, 4.69) is 15.2 Å². The number of nitrogens with one attached hydrogen (secondary N) is 1. The van der Waals surface area contributed by atoms with Gasteiger partial charge in [-0.05, 0) is 11.6 Å². The van der Waals surface area contributed by atoms with E-state index in [1.165, 1.54) is 12.3 Å². The maximum absolute atomic E-state index is 13.1. The van der Waals surface area contributed by atoms with Crippen LogP contribution in [0.3, 0.4) is 0 Å². The highest BCUT2D eigenvalue weighted by Crippen LogP contribution is 2.12. The summed E-state index contributed by atoms with van der Waals surface area (Å²) >= 11 is 0. The van der Waals surface area contributed by atoms with Crippen LogP contribution in [0.4, 0.5) is 4.39 Å². The lowest BCUT2D eigenvalue weighted by Crippen LogP contribution is -2.57. The highest BCUT2D eigenvalue weighted by Gasteiger charge is 2.29. The Bertz CT molecular complexity index is 452. The minimum Gasteiger partial charge on any atom is -0.347 e. The van der Waals surface area contributed by atoms with Crippen molar-refractivity contribution in [1.29, 1.82) is 0 Å². The van der Waals surface area contributed by atoms with Gasteiger partial charge in [0.05, 0.1) is 6.20 Å². The number of hydrogen-bond donors (Lipinski definition) is 1. The predicted octanol–water partition coefficient (Wildman–Crippen LogP) is 0.0827. The lowest BCUT2D eigenvalue weighted by Gasteiger charge is -2.36. The van der Waals surface area contributed by atoms with Gasteiger partial charge in [0, 0.05) is 46.5 Å². The van der Waals surface area contributed by atoms with E-state index in [4.69, 9.17) is 0 Å². The van der Waals surface area contributed by atoms with Crippen LogP contribution >= 0.6 is 0 Å². The van der Waals surface area contributed by atoms with Crippen LogP contribution in [0.25, 0.3) is 0 Å². The molecule has 2 rings (SSSR count). The summed E-state index contributed by atoms with van der Waals surface area (Å²) in [6.45, 7) is 2.76. The van der Waals surface area contributed by atoms with Gasteiger partial charge in [0.15, 0.2) is 0 Å². The fourth-order valence-corrected chi connectivity index (χ4v) is 2.25. The van der Waals surface area contributed by atoms with Gasteiger partial charge in [-0.25, -0.2) is 4.39 Å². The minimum absolute atomic E-state index is 0.0663. The smallest absolute Gasteiger partial charge is 0.240 e.